The topological polar surface area (TPSA) is 98.5 Å². The molecule has 0 spiro atoms. The number of halogens is 1. The van der Waals surface area contributed by atoms with Gasteiger partial charge < -0.3 is 15.8 Å². The van der Waals surface area contributed by atoms with Crippen LogP contribution in [0.25, 0.3) is 0 Å². The van der Waals surface area contributed by atoms with Gasteiger partial charge in [0.1, 0.15) is 20.5 Å². The van der Waals surface area contributed by atoms with E-state index in [1.807, 2.05) is 6.92 Å². The van der Waals surface area contributed by atoms with Crippen molar-refractivity contribution >= 4 is 54.9 Å². The summed E-state index contributed by atoms with van der Waals surface area (Å²) in [4.78, 5) is 13.4. The van der Waals surface area contributed by atoms with Crippen molar-refractivity contribution in [3.05, 3.63) is 93.8 Å². The van der Waals surface area contributed by atoms with Crippen LogP contribution < -0.4 is 15.8 Å². The molecule has 0 aliphatic carbocycles. The Bertz CT molecular complexity index is 1460. The second kappa shape index (κ2) is 9.50. The Morgan fingerprint density at radius 1 is 1.03 bits per heavy atom. The van der Waals surface area contributed by atoms with Crippen LogP contribution in [-0.4, -0.2) is 21.3 Å². The molecule has 3 N–H and O–H groups in total. The molecule has 0 atom stereocenters. The van der Waals surface area contributed by atoms with Crippen molar-refractivity contribution in [3.8, 4) is 5.75 Å². The van der Waals surface area contributed by atoms with E-state index in [4.69, 9.17) is 22.1 Å². The summed E-state index contributed by atoms with van der Waals surface area (Å²) in [5.74, 6) is 0.214. The molecule has 0 bridgehead atoms. The number of aryl methyl sites for hydroxylation is 1. The number of thiophene rings is 1. The molecular weight excluding hydrogens is 492 g/mol. The monoisotopic (exact) mass is 512 g/mol. The van der Waals surface area contributed by atoms with Gasteiger partial charge in [0.2, 0.25) is 15.6 Å². The smallest absolute Gasteiger partial charge is 0.211 e. The zero-order chi connectivity index (χ0) is 24.5. The molecule has 0 amide bonds. The van der Waals surface area contributed by atoms with Crippen molar-refractivity contribution in [2.24, 2.45) is 0 Å². The zero-order valence-electron chi connectivity index (χ0n) is 18.3. The molecule has 3 aromatic carbocycles. The van der Waals surface area contributed by atoms with Crippen molar-refractivity contribution in [2.45, 2.75) is 16.7 Å². The Labute approximate surface area is 206 Å². The zero-order valence-corrected chi connectivity index (χ0v) is 20.7. The number of rotatable bonds is 7. The van der Waals surface area contributed by atoms with Crippen molar-refractivity contribution in [1.29, 1.82) is 0 Å². The Kier molecular flexibility index (Phi) is 6.65. The highest BCUT2D eigenvalue weighted by molar-refractivity contribution is 7.92. The summed E-state index contributed by atoms with van der Waals surface area (Å²) in [6, 6.07) is 19.9. The van der Waals surface area contributed by atoms with E-state index in [9.17, 15) is 13.2 Å². The first-order valence-electron chi connectivity index (χ1n) is 10.2. The predicted octanol–water partition coefficient (Wildman–Crippen LogP) is 6.11. The highest BCUT2D eigenvalue weighted by Crippen LogP contribution is 2.44. The molecule has 0 aliphatic rings. The number of carbonyl (C=O) groups is 1. The second-order valence-corrected chi connectivity index (χ2v) is 10.9. The van der Waals surface area contributed by atoms with Crippen molar-refractivity contribution in [3.63, 3.8) is 0 Å². The van der Waals surface area contributed by atoms with Gasteiger partial charge in [0.25, 0.3) is 0 Å². The van der Waals surface area contributed by atoms with Gasteiger partial charge in [-0.15, -0.1) is 11.3 Å². The average molecular weight is 513 g/mol. The molecule has 9 heteroatoms. The molecule has 0 fully saturated rings. The summed E-state index contributed by atoms with van der Waals surface area (Å²) in [5, 5.41) is 3.80. The van der Waals surface area contributed by atoms with Crippen molar-refractivity contribution < 1.29 is 17.9 Å². The molecule has 0 saturated heterocycles. The third-order valence-corrected chi connectivity index (χ3v) is 8.48. The lowest BCUT2D eigenvalue weighted by Gasteiger charge is -2.10. The van der Waals surface area contributed by atoms with E-state index >= 15 is 0 Å². The summed E-state index contributed by atoms with van der Waals surface area (Å²) in [5.41, 5.74) is 8.11. The number of hydrogen-bond donors (Lipinski definition) is 2. The van der Waals surface area contributed by atoms with Crippen LogP contribution in [0.15, 0.2) is 82.6 Å². The number of nitrogens with one attached hydrogen (secondary N) is 1. The fourth-order valence-electron chi connectivity index (χ4n) is 3.35. The first-order valence-corrected chi connectivity index (χ1v) is 12.8. The maximum Gasteiger partial charge on any atom is 0.211 e. The van der Waals surface area contributed by atoms with Gasteiger partial charge in [-0.1, -0.05) is 35.4 Å². The highest BCUT2D eigenvalue weighted by Gasteiger charge is 2.31. The average Bonchev–Trinajstić information content (AvgIpc) is 3.15. The number of ether oxygens (including phenoxy) is 1. The SMILES string of the molecule is COc1ccc(C(=O)c2sc(Nc3cccc(Cl)c3)c(S(=O)(=O)c3ccc(C)cc3)c2N)cc1. The second-order valence-electron chi connectivity index (χ2n) is 7.51. The predicted molar refractivity (Wildman–Crippen MR) is 137 cm³/mol. The van der Waals surface area contributed by atoms with Gasteiger partial charge in [-0.3, -0.25) is 4.79 Å². The van der Waals surface area contributed by atoms with Crippen LogP contribution in [0.2, 0.25) is 5.02 Å². The van der Waals surface area contributed by atoms with Gasteiger partial charge in [-0.05, 0) is 61.5 Å². The lowest BCUT2D eigenvalue weighted by atomic mass is 10.1. The van der Waals surface area contributed by atoms with Crippen LogP contribution in [0.3, 0.4) is 0 Å². The van der Waals surface area contributed by atoms with E-state index in [0.29, 0.717) is 22.0 Å². The van der Waals surface area contributed by atoms with Gasteiger partial charge in [0, 0.05) is 16.3 Å². The molecule has 174 valence electrons. The van der Waals surface area contributed by atoms with E-state index in [1.54, 1.807) is 60.7 Å². The molecule has 0 saturated carbocycles. The normalized spacial score (nSPS) is 11.3. The Morgan fingerprint density at radius 2 is 1.71 bits per heavy atom. The highest BCUT2D eigenvalue weighted by atomic mass is 35.5. The number of sulfone groups is 1. The van der Waals surface area contributed by atoms with Crippen LogP contribution >= 0.6 is 22.9 Å². The molecule has 4 aromatic rings. The fraction of sp³-hybridized carbons (Fsp3) is 0.0800. The largest absolute Gasteiger partial charge is 0.497 e. The minimum absolute atomic E-state index is 0.0835. The molecule has 0 unspecified atom stereocenters. The summed E-state index contributed by atoms with van der Waals surface area (Å²) >= 11 is 7.08. The number of methoxy groups -OCH3 is 1. The van der Waals surface area contributed by atoms with Gasteiger partial charge in [0.05, 0.1) is 17.7 Å². The van der Waals surface area contributed by atoms with E-state index in [0.717, 1.165) is 16.9 Å². The molecule has 1 aromatic heterocycles. The summed E-state index contributed by atoms with van der Waals surface area (Å²) < 4.78 is 32.4. The number of anilines is 3. The summed E-state index contributed by atoms with van der Waals surface area (Å²) in [7, 11) is -2.50. The lowest BCUT2D eigenvalue weighted by Crippen LogP contribution is -2.08. The molecule has 0 aliphatic heterocycles. The maximum absolute atomic E-state index is 13.6. The first-order chi connectivity index (χ1) is 16.2. The molecule has 6 nitrogen and oxygen atoms in total. The molecule has 1 heterocycles. The summed E-state index contributed by atoms with van der Waals surface area (Å²) in [6.07, 6.45) is 0. The number of hydrogen-bond acceptors (Lipinski definition) is 7. The number of nitrogens with two attached hydrogens (primary N) is 1. The van der Waals surface area contributed by atoms with E-state index < -0.39 is 9.84 Å². The van der Waals surface area contributed by atoms with Crippen LogP contribution in [0.5, 0.6) is 5.75 Å². The number of ketones is 1. The fourth-order valence-corrected chi connectivity index (χ4v) is 6.48. The van der Waals surface area contributed by atoms with Gasteiger partial charge in [0.15, 0.2) is 0 Å². The summed E-state index contributed by atoms with van der Waals surface area (Å²) in [6.45, 7) is 1.87. The number of carbonyl (C=O) groups excluding carboxylic acids is 1. The van der Waals surface area contributed by atoms with Gasteiger partial charge >= 0.3 is 0 Å². The quantitative estimate of drug-likeness (QED) is 0.290. The Morgan fingerprint density at radius 3 is 2.32 bits per heavy atom. The minimum atomic E-state index is -4.04. The number of nitrogen functional groups attached to an aromatic ring is 1. The van der Waals surface area contributed by atoms with Gasteiger partial charge in [-0.25, -0.2) is 8.42 Å². The third kappa shape index (κ3) is 4.65. The van der Waals surface area contributed by atoms with E-state index in [1.165, 1.54) is 19.2 Å². The van der Waals surface area contributed by atoms with Crippen LogP contribution in [-0.2, 0) is 9.84 Å². The van der Waals surface area contributed by atoms with Gasteiger partial charge in [-0.2, -0.15) is 0 Å². The van der Waals surface area contributed by atoms with Crippen LogP contribution in [0.1, 0.15) is 20.8 Å². The maximum atomic E-state index is 13.6. The Balaban J connectivity index is 1.86. The molecule has 4 rings (SSSR count). The lowest BCUT2D eigenvalue weighted by molar-refractivity contribution is 0.104. The molecule has 0 radical (unpaired) electrons. The van der Waals surface area contributed by atoms with Crippen LogP contribution in [0, 0.1) is 6.92 Å². The molecule has 34 heavy (non-hydrogen) atoms. The molecular formula is C25H21ClN2O4S2. The van der Waals surface area contributed by atoms with Crippen molar-refractivity contribution in [1.82, 2.24) is 0 Å². The van der Waals surface area contributed by atoms with Crippen LogP contribution in [0.4, 0.5) is 16.4 Å². The van der Waals surface area contributed by atoms with E-state index in [-0.39, 0.29) is 31.1 Å². The first kappa shape index (κ1) is 23.8. The standard InChI is InChI=1S/C25H21ClN2O4S2/c1-15-6-12-20(13-7-15)34(30,31)24-21(27)23(22(29)16-8-10-19(32-2)11-9-16)33-25(24)28-18-5-3-4-17(26)14-18/h3-14,28H,27H2,1-2H3. The number of benzene rings is 3. The Hall–Kier alpha value is -3.33. The van der Waals surface area contributed by atoms with Crippen molar-refractivity contribution in [2.75, 3.05) is 18.2 Å². The van der Waals surface area contributed by atoms with E-state index in [2.05, 4.69) is 5.32 Å². The minimum Gasteiger partial charge on any atom is -0.497 e. The third-order valence-electron chi connectivity index (χ3n) is 5.14.